The smallest absolute Gasteiger partial charge is 0.242 e. The van der Waals surface area contributed by atoms with E-state index in [2.05, 4.69) is 5.32 Å². The summed E-state index contributed by atoms with van der Waals surface area (Å²) in [5, 5.41) is 2.78. The van der Waals surface area contributed by atoms with Crippen molar-refractivity contribution in [3.8, 4) is 0 Å². The average molecular weight is 443 g/mol. The van der Waals surface area contributed by atoms with Crippen molar-refractivity contribution >= 4 is 21.8 Å². The molecule has 0 aliphatic carbocycles. The van der Waals surface area contributed by atoms with Crippen LogP contribution in [-0.2, 0) is 19.6 Å². The molecule has 0 bridgehead atoms. The van der Waals surface area contributed by atoms with Crippen LogP contribution >= 0.6 is 0 Å². The van der Waals surface area contributed by atoms with Crippen LogP contribution in [0.15, 0.2) is 29.2 Å². The number of hydrogen-bond donors (Lipinski definition) is 1. The molecule has 0 aromatic heterocycles. The Hall–Kier alpha value is -2.04. The molecule has 8 nitrogen and oxygen atoms in total. The van der Waals surface area contributed by atoms with Crippen molar-refractivity contribution in [2.45, 2.75) is 31.1 Å². The van der Waals surface area contributed by atoms with Crippen molar-refractivity contribution in [1.82, 2.24) is 19.4 Å². The van der Waals surface area contributed by atoms with Gasteiger partial charge in [0.15, 0.2) is 0 Å². The molecule has 0 saturated carbocycles. The topological polar surface area (TPSA) is 90.0 Å². The largest absolute Gasteiger partial charge is 0.355 e. The molecule has 1 aliphatic rings. The van der Waals surface area contributed by atoms with Crippen molar-refractivity contribution in [2.75, 3.05) is 52.9 Å². The van der Waals surface area contributed by atoms with E-state index in [1.807, 2.05) is 11.8 Å². The van der Waals surface area contributed by atoms with Crippen molar-refractivity contribution in [3.63, 3.8) is 0 Å². The molecule has 1 aromatic carbocycles. The first-order valence-electron chi connectivity index (χ1n) is 10.2. The van der Waals surface area contributed by atoms with Gasteiger partial charge in [-0.1, -0.05) is 0 Å². The number of hydrogen-bond acceptors (Lipinski definition) is 5. The molecule has 1 N–H and O–H groups in total. The van der Waals surface area contributed by atoms with Gasteiger partial charge < -0.3 is 10.2 Å². The predicted molar refractivity (Wildman–Crippen MR) is 112 cm³/mol. The summed E-state index contributed by atoms with van der Waals surface area (Å²) in [7, 11) is -2.26. The van der Waals surface area contributed by atoms with Gasteiger partial charge in [-0.3, -0.25) is 14.5 Å². The molecule has 0 radical (unpaired) electrons. The third-order valence-electron chi connectivity index (χ3n) is 5.07. The van der Waals surface area contributed by atoms with Gasteiger partial charge in [-0.05, 0) is 44.0 Å². The number of sulfonamides is 1. The minimum absolute atomic E-state index is 0.0114. The molecule has 1 saturated heterocycles. The average Bonchev–Trinajstić information content (AvgIpc) is 2.94. The van der Waals surface area contributed by atoms with Crippen molar-refractivity contribution in [3.05, 3.63) is 30.1 Å². The SMILES string of the molecule is CCNC(=O)CN1CCCN(C(=O)CCCN(C)S(=O)(=O)c2ccc(F)cc2)CC1. The Kier molecular flexibility index (Phi) is 9.19. The molecule has 30 heavy (non-hydrogen) atoms. The lowest BCUT2D eigenvalue weighted by molar-refractivity contribution is -0.131. The second-order valence-corrected chi connectivity index (χ2v) is 9.39. The second-order valence-electron chi connectivity index (χ2n) is 7.35. The van der Waals surface area contributed by atoms with Crippen LogP contribution in [0.2, 0.25) is 0 Å². The summed E-state index contributed by atoms with van der Waals surface area (Å²) in [5.74, 6) is -0.519. The first-order valence-corrected chi connectivity index (χ1v) is 11.7. The first-order chi connectivity index (χ1) is 14.2. The highest BCUT2D eigenvalue weighted by Gasteiger charge is 2.23. The number of likely N-dealkylation sites (N-methyl/N-ethyl adjacent to an activating group) is 1. The molecule has 1 aliphatic heterocycles. The number of halogens is 1. The summed E-state index contributed by atoms with van der Waals surface area (Å²) in [6.07, 6.45) is 1.44. The van der Waals surface area contributed by atoms with Gasteiger partial charge in [0.1, 0.15) is 5.82 Å². The van der Waals surface area contributed by atoms with E-state index in [1.54, 1.807) is 4.90 Å². The maximum Gasteiger partial charge on any atom is 0.242 e. The van der Waals surface area contributed by atoms with Gasteiger partial charge in [0.25, 0.3) is 0 Å². The van der Waals surface area contributed by atoms with E-state index in [0.29, 0.717) is 39.1 Å². The molecule has 2 rings (SSSR count). The van der Waals surface area contributed by atoms with Gasteiger partial charge >= 0.3 is 0 Å². The number of carbonyl (C=O) groups is 2. The maximum absolute atomic E-state index is 13.0. The maximum atomic E-state index is 13.0. The van der Waals surface area contributed by atoms with Gasteiger partial charge in [-0.25, -0.2) is 17.1 Å². The molecule has 0 spiro atoms. The van der Waals surface area contributed by atoms with Crippen LogP contribution < -0.4 is 5.32 Å². The Morgan fingerprint density at radius 3 is 2.50 bits per heavy atom. The van der Waals surface area contributed by atoms with E-state index >= 15 is 0 Å². The minimum atomic E-state index is -3.71. The molecule has 0 atom stereocenters. The Balaban J connectivity index is 1.78. The summed E-state index contributed by atoms with van der Waals surface area (Å²) < 4.78 is 39.2. The van der Waals surface area contributed by atoms with Gasteiger partial charge in [0.05, 0.1) is 11.4 Å². The molecule has 0 unspecified atom stereocenters. The highest BCUT2D eigenvalue weighted by atomic mass is 32.2. The van der Waals surface area contributed by atoms with Crippen LogP contribution in [0.5, 0.6) is 0 Å². The number of carbonyl (C=O) groups excluding carboxylic acids is 2. The van der Waals surface area contributed by atoms with Gasteiger partial charge in [0.2, 0.25) is 21.8 Å². The fourth-order valence-electron chi connectivity index (χ4n) is 3.35. The van der Waals surface area contributed by atoms with Gasteiger partial charge in [-0.2, -0.15) is 0 Å². The highest BCUT2D eigenvalue weighted by Crippen LogP contribution is 2.15. The number of nitrogens with zero attached hydrogens (tertiary/aromatic N) is 3. The zero-order chi connectivity index (χ0) is 22.1. The molecule has 1 aromatic rings. The first kappa shape index (κ1) is 24.2. The monoisotopic (exact) mass is 442 g/mol. The molecule has 1 fully saturated rings. The van der Waals surface area contributed by atoms with Crippen molar-refractivity contribution in [1.29, 1.82) is 0 Å². The number of nitrogens with one attached hydrogen (secondary N) is 1. The van der Waals surface area contributed by atoms with E-state index in [1.165, 1.54) is 23.5 Å². The highest BCUT2D eigenvalue weighted by molar-refractivity contribution is 7.89. The van der Waals surface area contributed by atoms with E-state index < -0.39 is 15.8 Å². The lowest BCUT2D eigenvalue weighted by Crippen LogP contribution is -2.40. The van der Waals surface area contributed by atoms with Crippen LogP contribution in [0.1, 0.15) is 26.2 Å². The van der Waals surface area contributed by atoms with Crippen LogP contribution in [0.25, 0.3) is 0 Å². The Bertz CT molecular complexity index is 817. The quantitative estimate of drug-likeness (QED) is 0.614. The predicted octanol–water partition coefficient (Wildman–Crippen LogP) is 0.897. The third kappa shape index (κ3) is 7.03. The molecular weight excluding hydrogens is 411 g/mol. The number of rotatable bonds is 9. The molecule has 2 amide bonds. The Labute approximate surface area is 178 Å². The Morgan fingerprint density at radius 2 is 1.83 bits per heavy atom. The molecule has 1 heterocycles. The van der Waals surface area contributed by atoms with Crippen LogP contribution in [0, 0.1) is 5.82 Å². The summed E-state index contributed by atoms with van der Waals surface area (Å²) in [6, 6.07) is 4.68. The van der Waals surface area contributed by atoms with Crippen molar-refractivity contribution < 1.29 is 22.4 Å². The molecule has 168 valence electrons. The zero-order valence-electron chi connectivity index (χ0n) is 17.6. The second kappa shape index (κ2) is 11.4. The minimum Gasteiger partial charge on any atom is -0.355 e. The number of benzene rings is 1. The summed E-state index contributed by atoms with van der Waals surface area (Å²) >= 11 is 0. The zero-order valence-corrected chi connectivity index (χ0v) is 18.5. The Morgan fingerprint density at radius 1 is 1.13 bits per heavy atom. The standard InChI is InChI=1S/C20H31FN4O4S/c1-3-22-19(26)16-24-12-5-13-25(15-14-24)20(27)6-4-11-23(2)30(28,29)18-9-7-17(21)8-10-18/h7-10H,3-6,11-16H2,1-2H3,(H,22,26). The molecule has 10 heteroatoms. The van der Waals surface area contributed by atoms with Crippen molar-refractivity contribution in [2.24, 2.45) is 0 Å². The van der Waals surface area contributed by atoms with E-state index in [0.717, 1.165) is 25.1 Å². The normalized spacial score (nSPS) is 15.8. The van der Waals surface area contributed by atoms with Crippen LogP contribution in [0.3, 0.4) is 0 Å². The lowest BCUT2D eigenvalue weighted by atomic mass is 10.2. The lowest BCUT2D eigenvalue weighted by Gasteiger charge is -2.22. The van der Waals surface area contributed by atoms with Gasteiger partial charge in [0, 0.05) is 52.7 Å². The fourth-order valence-corrected chi connectivity index (χ4v) is 4.56. The summed E-state index contributed by atoms with van der Waals surface area (Å²) in [6.45, 7) is 5.61. The molecular formula is C20H31FN4O4S. The van der Waals surface area contributed by atoms with E-state index in [9.17, 15) is 22.4 Å². The van der Waals surface area contributed by atoms with E-state index in [-0.39, 0.29) is 29.7 Å². The van der Waals surface area contributed by atoms with E-state index in [4.69, 9.17) is 0 Å². The number of amides is 2. The summed E-state index contributed by atoms with van der Waals surface area (Å²) in [4.78, 5) is 28.1. The summed E-state index contributed by atoms with van der Waals surface area (Å²) in [5.41, 5.74) is 0. The fraction of sp³-hybridized carbons (Fsp3) is 0.600. The van der Waals surface area contributed by atoms with Crippen LogP contribution in [0.4, 0.5) is 4.39 Å². The van der Waals surface area contributed by atoms with Crippen LogP contribution in [-0.4, -0.2) is 87.2 Å². The van der Waals surface area contributed by atoms with Gasteiger partial charge in [-0.15, -0.1) is 0 Å². The third-order valence-corrected chi connectivity index (χ3v) is 6.94.